The molecule has 1 aromatic rings. The lowest BCUT2D eigenvalue weighted by atomic mass is 10.1. The molecule has 0 saturated heterocycles. The molecule has 102 valence electrons. The molecule has 1 N–H and O–H groups in total. The number of nitrogens with one attached hydrogen (secondary N) is 1. The van der Waals surface area contributed by atoms with Crippen LogP contribution in [0.1, 0.15) is 31.9 Å². The molecule has 1 rings (SSSR count). The predicted molar refractivity (Wildman–Crippen MR) is 58.0 cm³/mol. The molecule has 6 heteroatoms. The van der Waals surface area contributed by atoms with Gasteiger partial charge in [-0.3, -0.25) is 0 Å². The third kappa shape index (κ3) is 4.60. The van der Waals surface area contributed by atoms with Crippen LogP contribution in [0.2, 0.25) is 0 Å². The van der Waals surface area contributed by atoms with Crippen LogP contribution < -0.4 is 5.32 Å². The van der Waals surface area contributed by atoms with Gasteiger partial charge in [0.2, 0.25) is 0 Å². The van der Waals surface area contributed by atoms with Crippen molar-refractivity contribution in [2.45, 2.75) is 38.5 Å². The van der Waals surface area contributed by atoms with E-state index in [2.05, 4.69) is 5.32 Å². The zero-order chi connectivity index (χ0) is 13.9. The molecular weight excluding hydrogens is 253 g/mol. The molecule has 0 aliphatic carbocycles. The van der Waals surface area contributed by atoms with E-state index < -0.39 is 36.3 Å². The second kappa shape index (κ2) is 5.65. The third-order valence-corrected chi connectivity index (χ3v) is 2.50. The van der Waals surface area contributed by atoms with Crippen LogP contribution in [0.15, 0.2) is 18.2 Å². The summed E-state index contributed by atoms with van der Waals surface area (Å²) in [5, 5.41) is 2.63. The van der Waals surface area contributed by atoms with Gasteiger partial charge in [-0.15, -0.1) is 0 Å². The molecule has 1 aromatic carbocycles. The molecular formula is C12H14F5N. The molecule has 0 radical (unpaired) electrons. The Hall–Kier alpha value is -1.17. The highest BCUT2D eigenvalue weighted by Gasteiger charge is 2.30. The van der Waals surface area contributed by atoms with E-state index >= 15 is 0 Å². The predicted octanol–water partition coefficient (Wildman–Crippen LogP) is 3.96. The SMILES string of the molecule is CC(CC(F)(F)F)NC(C)c1ccc(F)cc1F. The summed E-state index contributed by atoms with van der Waals surface area (Å²) in [7, 11) is 0. The fourth-order valence-electron chi connectivity index (χ4n) is 1.78. The van der Waals surface area contributed by atoms with Gasteiger partial charge in [0.25, 0.3) is 0 Å². The summed E-state index contributed by atoms with van der Waals surface area (Å²) < 4.78 is 62.5. The molecule has 0 aliphatic heterocycles. The molecule has 2 unspecified atom stereocenters. The Labute approximate surface area is 102 Å². The Morgan fingerprint density at radius 2 is 1.78 bits per heavy atom. The summed E-state index contributed by atoms with van der Waals surface area (Å²) in [5.41, 5.74) is 0.144. The van der Waals surface area contributed by atoms with Gasteiger partial charge in [-0.05, 0) is 19.9 Å². The van der Waals surface area contributed by atoms with Crippen LogP contribution in [-0.2, 0) is 0 Å². The van der Waals surface area contributed by atoms with Crippen molar-refractivity contribution in [2.24, 2.45) is 0 Å². The lowest BCUT2D eigenvalue weighted by molar-refractivity contribution is -0.139. The molecule has 18 heavy (non-hydrogen) atoms. The first-order valence-corrected chi connectivity index (χ1v) is 5.47. The smallest absolute Gasteiger partial charge is 0.307 e. The number of rotatable bonds is 4. The maximum Gasteiger partial charge on any atom is 0.390 e. The minimum absolute atomic E-state index is 0.144. The molecule has 0 bridgehead atoms. The van der Waals surface area contributed by atoms with E-state index in [4.69, 9.17) is 0 Å². The minimum atomic E-state index is -4.27. The molecule has 0 fully saturated rings. The van der Waals surface area contributed by atoms with E-state index in [1.165, 1.54) is 19.9 Å². The largest absolute Gasteiger partial charge is 0.390 e. The molecule has 0 aliphatic rings. The second-order valence-electron chi connectivity index (χ2n) is 4.27. The molecule has 0 saturated carbocycles. The zero-order valence-electron chi connectivity index (χ0n) is 9.98. The van der Waals surface area contributed by atoms with Gasteiger partial charge in [-0.25, -0.2) is 8.78 Å². The monoisotopic (exact) mass is 267 g/mol. The van der Waals surface area contributed by atoms with Gasteiger partial charge in [0.15, 0.2) is 0 Å². The highest BCUT2D eigenvalue weighted by Crippen LogP contribution is 2.24. The third-order valence-electron chi connectivity index (χ3n) is 2.50. The Bertz CT molecular complexity index is 402. The first kappa shape index (κ1) is 14.9. The van der Waals surface area contributed by atoms with Gasteiger partial charge in [-0.2, -0.15) is 13.2 Å². The fraction of sp³-hybridized carbons (Fsp3) is 0.500. The van der Waals surface area contributed by atoms with Gasteiger partial charge in [0, 0.05) is 23.7 Å². The number of benzene rings is 1. The number of hydrogen-bond donors (Lipinski definition) is 1. The van der Waals surface area contributed by atoms with Gasteiger partial charge in [-0.1, -0.05) is 6.07 Å². The van der Waals surface area contributed by atoms with Crippen molar-refractivity contribution in [3.63, 3.8) is 0 Å². The zero-order valence-corrected chi connectivity index (χ0v) is 9.98. The van der Waals surface area contributed by atoms with Crippen molar-refractivity contribution in [1.29, 1.82) is 0 Å². The Morgan fingerprint density at radius 3 is 2.28 bits per heavy atom. The first-order valence-electron chi connectivity index (χ1n) is 5.47. The summed E-state index contributed by atoms with van der Waals surface area (Å²) in [5.74, 6) is -1.49. The van der Waals surface area contributed by atoms with Crippen LogP contribution in [0.3, 0.4) is 0 Å². The lowest BCUT2D eigenvalue weighted by Crippen LogP contribution is -2.33. The highest BCUT2D eigenvalue weighted by atomic mass is 19.4. The maximum atomic E-state index is 13.4. The molecule has 1 nitrogen and oxygen atoms in total. The Morgan fingerprint density at radius 1 is 1.17 bits per heavy atom. The standard InChI is InChI=1S/C12H14F5N/c1-7(6-12(15,16)17)18-8(2)10-4-3-9(13)5-11(10)14/h3-5,7-8,18H,6H2,1-2H3. The molecule has 0 spiro atoms. The molecule has 0 aromatic heterocycles. The molecule has 2 atom stereocenters. The normalized spacial score (nSPS) is 15.5. The Kier molecular flexibility index (Phi) is 4.67. The average Bonchev–Trinajstić information content (AvgIpc) is 2.13. The molecule has 0 amide bonds. The van der Waals surface area contributed by atoms with Crippen LogP contribution >= 0.6 is 0 Å². The van der Waals surface area contributed by atoms with E-state index in [0.717, 1.165) is 6.07 Å². The number of hydrogen-bond acceptors (Lipinski definition) is 1. The van der Waals surface area contributed by atoms with E-state index in [1.807, 2.05) is 0 Å². The molecule has 0 heterocycles. The second-order valence-corrected chi connectivity index (χ2v) is 4.27. The summed E-state index contributed by atoms with van der Waals surface area (Å²) in [6.07, 6.45) is -5.27. The average molecular weight is 267 g/mol. The van der Waals surface area contributed by atoms with Crippen molar-refractivity contribution in [1.82, 2.24) is 5.32 Å². The van der Waals surface area contributed by atoms with Crippen LogP contribution in [0, 0.1) is 11.6 Å². The number of halogens is 5. The van der Waals surface area contributed by atoms with E-state index in [9.17, 15) is 22.0 Å². The lowest BCUT2D eigenvalue weighted by Gasteiger charge is -2.21. The van der Waals surface area contributed by atoms with Gasteiger partial charge >= 0.3 is 6.18 Å². The van der Waals surface area contributed by atoms with Crippen molar-refractivity contribution >= 4 is 0 Å². The topological polar surface area (TPSA) is 12.0 Å². The van der Waals surface area contributed by atoms with E-state index in [0.29, 0.717) is 6.07 Å². The van der Waals surface area contributed by atoms with Gasteiger partial charge in [0.1, 0.15) is 11.6 Å². The van der Waals surface area contributed by atoms with Gasteiger partial charge < -0.3 is 5.32 Å². The van der Waals surface area contributed by atoms with Crippen LogP contribution in [0.25, 0.3) is 0 Å². The quantitative estimate of drug-likeness (QED) is 0.814. The number of alkyl halides is 3. The van der Waals surface area contributed by atoms with E-state index in [1.54, 1.807) is 0 Å². The van der Waals surface area contributed by atoms with Crippen LogP contribution in [-0.4, -0.2) is 12.2 Å². The van der Waals surface area contributed by atoms with Crippen LogP contribution in [0.4, 0.5) is 22.0 Å². The van der Waals surface area contributed by atoms with Crippen molar-refractivity contribution in [3.05, 3.63) is 35.4 Å². The van der Waals surface area contributed by atoms with Crippen molar-refractivity contribution in [2.75, 3.05) is 0 Å². The maximum absolute atomic E-state index is 13.4. The highest BCUT2D eigenvalue weighted by molar-refractivity contribution is 5.21. The van der Waals surface area contributed by atoms with Gasteiger partial charge in [0.05, 0.1) is 6.42 Å². The Balaban J connectivity index is 2.67. The van der Waals surface area contributed by atoms with Crippen LogP contribution in [0.5, 0.6) is 0 Å². The summed E-state index contributed by atoms with van der Waals surface area (Å²) in [6, 6.07) is 1.54. The van der Waals surface area contributed by atoms with E-state index in [-0.39, 0.29) is 5.56 Å². The summed E-state index contributed by atoms with van der Waals surface area (Å²) >= 11 is 0. The minimum Gasteiger partial charge on any atom is -0.307 e. The van der Waals surface area contributed by atoms with Crippen molar-refractivity contribution < 1.29 is 22.0 Å². The fourth-order valence-corrected chi connectivity index (χ4v) is 1.78. The summed E-state index contributed by atoms with van der Waals surface area (Å²) in [4.78, 5) is 0. The first-order chi connectivity index (χ1) is 8.19. The summed E-state index contributed by atoms with van der Waals surface area (Å²) in [6.45, 7) is 2.90. The van der Waals surface area contributed by atoms with Crippen molar-refractivity contribution in [3.8, 4) is 0 Å².